The fourth-order valence-electron chi connectivity index (χ4n) is 2.19. The van der Waals surface area contributed by atoms with Crippen molar-refractivity contribution in [1.82, 2.24) is 4.72 Å². The van der Waals surface area contributed by atoms with Crippen LogP contribution in [0.25, 0.3) is 0 Å². The Morgan fingerprint density at radius 3 is 2.71 bits per heavy atom. The summed E-state index contributed by atoms with van der Waals surface area (Å²) >= 11 is 0. The molecule has 0 spiro atoms. The van der Waals surface area contributed by atoms with Crippen LogP contribution in [0.15, 0.2) is 29.2 Å². The topological polar surface area (TPSA) is 75.6 Å². The first-order chi connectivity index (χ1) is 10.1. The second-order valence-corrected chi connectivity index (χ2v) is 6.60. The number of hydrogen-bond donors (Lipinski definition) is 2. The average Bonchev–Trinajstić information content (AvgIpc) is 2.52. The third-order valence-corrected chi connectivity index (χ3v) is 4.86. The summed E-state index contributed by atoms with van der Waals surface area (Å²) < 4.78 is 32.7. The van der Waals surface area contributed by atoms with E-state index in [4.69, 9.17) is 9.84 Å². The molecule has 0 unspecified atom stereocenters. The van der Waals surface area contributed by atoms with E-state index >= 15 is 0 Å². The molecule has 2 rings (SSSR count). The molecule has 114 valence electrons. The van der Waals surface area contributed by atoms with Gasteiger partial charge in [0.05, 0.1) is 4.90 Å². The fraction of sp³-hybridized carbons (Fsp3) is 0.467. The van der Waals surface area contributed by atoms with Gasteiger partial charge < -0.3 is 9.84 Å². The van der Waals surface area contributed by atoms with Crippen molar-refractivity contribution in [3.63, 3.8) is 0 Å². The van der Waals surface area contributed by atoms with Crippen LogP contribution in [-0.4, -0.2) is 39.9 Å². The number of aliphatic hydroxyl groups is 1. The van der Waals surface area contributed by atoms with E-state index < -0.39 is 10.0 Å². The Balaban J connectivity index is 2.11. The number of rotatable bonds is 4. The van der Waals surface area contributed by atoms with Crippen LogP contribution in [0, 0.1) is 17.8 Å². The Morgan fingerprint density at radius 2 is 2.00 bits per heavy atom. The van der Waals surface area contributed by atoms with E-state index in [1.165, 1.54) is 6.07 Å². The minimum absolute atomic E-state index is 0.151. The molecule has 0 saturated carbocycles. The first-order valence-electron chi connectivity index (χ1n) is 6.89. The van der Waals surface area contributed by atoms with E-state index in [1.807, 2.05) is 0 Å². The maximum Gasteiger partial charge on any atom is 0.241 e. The summed E-state index contributed by atoms with van der Waals surface area (Å²) in [6.07, 6.45) is 1.74. The average molecular weight is 309 g/mol. The predicted octanol–water partition coefficient (Wildman–Crippen LogP) is 0.735. The van der Waals surface area contributed by atoms with Crippen molar-refractivity contribution in [2.45, 2.75) is 17.7 Å². The summed E-state index contributed by atoms with van der Waals surface area (Å²) in [4.78, 5) is 0.151. The zero-order chi connectivity index (χ0) is 15.1. The Bertz CT molecular complexity index is 625. The maximum atomic E-state index is 12.4. The highest BCUT2D eigenvalue weighted by molar-refractivity contribution is 7.89. The summed E-state index contributed by atoms with van der Waals surface area (Å²) in [5, 5.41) is 8.74. The van der Waals surface area contributed by atoms with Crippen LogP contribution >= 0.6 is 0 Å². The van der Waals surface area contributed by atoms with Crippen molar-refractivity contribution in [3.05, 3.63) is 29.8 Å². The van der Waals surface area contributed by atoms with Crippen molar-refractivity contribution in [2.24, 2.45) is 5.92 Å². The Labute approximate surface area is 125 Å². The van der Waals surface area contributed by atoms with E-state index in [-0.39, 0.29) is 11.5 Å². The number of ether oxygens (including phenoxy) is 1. The monoisotopic (exact) mass is 309 g/mol. The molecule has 0 radical (unpaired) electrons. The Kier molecular flexibility index (Phi) is 5.76. The molecular weight excluding hydrogens is 290 g/mol. The minimum Gasteiger partial charge on any atom is -0.384 e. The van der Waals surface area contributed by atoms with Gasteiger partial charge in [-0.3, -0.25) is 0 Å². The molecule has 0 amide bonds. The van der Waals surface area contributed by atoms with E-state index in [0.29, 0.717) is 31.2 Å². The highest BCUT2D eigenvalue weighted by Gasteiger charge is 2.20. The van der Waals surface area contributed by atoms with Crippen molar-refractivity contribution < 1.29 is 18.3 Å². The molecule has 1 fully saturated rings. The molecule has 1 heterocycles. The van der Waals surface area contributed by atoms with Crippen molar-refractivity contribution in [2.75, 3.05) is 26.4 Å². The largest absolute Gasteiger partial charge is 0.384 e. The number of nitrogens with one attached hydrogen (secondary N) is 1. The summed E-state index contributed by atoms with van der Waals surface area (Å²) in [6.45, 7) is 1.48. The van der Waals surface area contributed by atoms with E-state index in [0.717, 1.165) is 12.8 Å². The zero-order valence-electron chi connectivity index (χ0n) is 11.7. The summed E-state index contributed by atoms with van der Waals surface area (Å²) in [5.41, 5.74) is 0.394. The van der Waals surface area contributed by atoms with Gasteiger partial charge in [0.15, 0.2) is 0 Å². The molecule has 1 aromatic rings. The standard InChI is InChI=1S/C15H19NO4S/c17-9-3-5-14-4-1-2-6-15(14)21(18,19)16-12-13-7-10-20-11-8-13/h1-2,4,6,13,16-17H,7-12H2. The number of benzene rings is 1. The highest BCUT2D eigenvalue weighted by Crippen LogP contribution is 2.17. The molecule has 6 heteroatoms. The van der Waals surface area contributed by atoms with Gasteiger partial charge in [0, 0.05) is 25.3 Å². The Hall–Kier alpha value is -1.39. The molecule has 5 nitrogen and oxygen atoms in total. The van der Waals surface area contributed by atoms with Crippen LogP contribution in [0.5, 0.6) is 0 Å². The van der Waals surface area contributed by atoms with E-state index in [1.54, 1.807) is 18.2 Å². The molecular formula is C15H19NO4S. The third kappa shape index (κ3) is 4.55. The van der Waals surface area contributed by atoms with Gasteiger partial charge in [-0.05, 0) is 30.9 Å². The van der Waals surface area contributed by atoms with Crippen molar-refractivity contribution >= 4 is 10.0 Å². The van der Waals surface area contributed by atoms with Gasteiger partial charge in [-0.2, -0.15) is 0 Å². The normalized spacial score (nSPS) is 16.2. The molecule has 0 aliphatic carbocycles. The lowest BCUT2D eigenvalue weighted by atomic mass is 10.0. The van der Waals surface area contributed by atoms with E-state index in [2.05, 4.69) is 16.6 Å². The molecule has 21 heavy (non-hydrogen) atoms. The molecule has 0 aromatic heterocycles. The van der Waals surface area contributed by atoms with Gasteiger partial charge in [-0.1, -0.05) is 24.0 Å². The lowest BCUT2D eigenvalue weighted by molar-refractivity contribution is 0.0678. The second-order valence-electron chi connectivity index (χ2n) is 4.86. The molecule has 1 aromatic carbocycles. The number of sulfonamides is 1. The number of hydrogen-bond acceptors (Lipinski definition) is 4. The van der Waals surface area contributed by atoms with Gasteiger partial charge in [-0.25, -0.2) is 13.1 Å². The van der Waals surface area contributed by atoms with Crippen LogP contribution in [0.4, 0.5) is 0 Å². The maximum absolute atomic E-state index is 12.4. The van der Waals surface area contributed by atoms with Crippen LogP contribution < -0.4 is 4.72 Å². The first kappa shape index (κ1) is 16.0. The Morgan fingerprint density at radius 1 is 1.29 bits per heavy atom. The second kappa shape index (κ2) is 7.57. The van der Waals surface area contributed by atoms with Gasteiger partial charge in [-0.15, -0.1) is 0 Å². The van der Waals surface area contributed by atoms with Gasteiger partial charge >= 0.3 is 0 Å². The van der Waals surface area contributed by atoms with Crippen LogP contribution in [-0.2, 0) is 14.8 Å². The predicted molar refractivity (Wildman–Crippen MR) is 79.1 cm³/mol. The van der Waals surface area contributed by atoms with Crippen LogP contribution in [0.1, 0.15) is 18.4 Å². The summed E-state index contributed by atoms with van der Waals surface area (Å²) in [6, 6.07) is 6.53. The molecule has 1 saturated heterocycles. The van der Waals surface area contributed by atoms with Gasteiger partial charge in [0.25, 0.3) is 0 Å². The molecule has 1 aliphatic heterocycles. The van der Waals surface area contributed by atoms with Crippen LogP contribution in [0.2, 0.25) is 0 Å². The minimum atomic E-state index is -3.60. The summed E-state index contributed by atoms with van der Waals surface area (Å²) in [7, 11) is -3.60. The van der Waals surface area contributed by atoms with E-state index in [9.17, 15) is 8.42 Å². The molecule has 2 N–H and O–H groups in total. The quantitative estimate of drug-likeness (QED) is 0.804. The summed E-state index contributed by atoms with van der Waals surface area (Å²) in [5.74, 6) is 5.46. The SMILES string of the molecule is O=S(=O)(NCC1CCOCC1)c1ccccc1C#CCO. The van der Waals surface area contributed by atoms with Crippen LogP contribution in [0.3, 0.4) is 0 Å². The van der Waals surface area contributed by atoms with Crippen molar-refractivity contribution in [1.29, 1.82) is 0 Å². The lowest BCUT2D eigenvalue weighted by Crippen LogP contribution is -2.32. The van der Waals surface area contributed by atoms with Crippen molar-refractivity contribution in [3.8, 4) is 11.8 Å². The molecule has 0 atom stereocenters. The molecule has 0 bridgehead atoms. The smallest absolute Gasteiger partial charge is 0.241 e. The fourth-order valence-corrected chi connectivity index (χ4v) is 3.47. The van der Waals surface area contributed by atoms with Gasteiger partial charge in [0.2, 0.25) is 10.0 Å². The highest BCUT2D eigenvalue weighted by atomic mass is 32.2. The number of aliphatic hydroxyl groups excluding tert-OH is 1. The van der Waals surface area contributed by atoms with Gasteiger partial charge in [0.1, 0.15) is 6.61 Å². The lowest BCUT2D eigenvalue weighted by Gasteiger charge is -2.22. The molecule has 1 aliphatic rings. The first-order valence-corrected chi connectivity index (χ1v) is 8.38. The zero-order valence-corrected chi connectivity index (χ0v) is 12.5. The third-order valence-electron chi connectivity index (χ3n) is 3.38.